The lowest BCUT2D eigenvalue weighted by Gasteiger charge is -2.35. The van der Waals surface area contributed by atoms with Gasteiger partial charge < -0.3 is 0 Å². The van der Waals surface area contributed by atoms with Crippen LogP contribution in [0.5, 0.6) is 0 Å². The summed E-state index contributed by atoms with van der Waals surface area (Å²) in [5.41, 5.74) is 0. The molecule has 5 atom stereocenters. The molecule has 0 aliphatic rings. The molecule has 104 valence electrons. The monoisotopic (exact) mass is 240 g/mol. The molecule has 0 aliphatic heterocycles. The number of rotatable bonds is 8. The Morgan fingerprint density at radius 2 is 1.12 bits per heavy atom. The zero-order chi connectivity index (χ0) is 13.6. The largest absolute Gasteiger partial charge is 0.0654 e. The van der Waals surface area contributed by atoms with Crippen molar-refractivity contribution >= 4 is 0 Å². The Bertz CT molecular complexity index is 182. The molecule has 5 unspecified atom stereocenters. The molecule has 0 heteroatoms. The fourth-order valence-electron chi connectivity index (χ4n) is 2.87. The molecule has 0 saturated carbocycles. The van der Waals surface area contributed by atoms with E-state index >= 15 is 0 Å². The molecular weight excluding hydrogens is 204 g/mol. The molecule has 0 aliphatic carbocycles. The van der Waals surface area contributed by atoms with Gasteiger partial charge in [-0.05, 0) is 35.5 Å². The Balaban J connectivity index is 4.32. The van der Waals surface area contributed by atoms with E-state index in [0.29, 0.717) is 0 Å². The van der Waals surface area contributed by atoms with E-state index in [1.54, 1.807) is 0 Å². The third kappa shape index (κ3) is 5.44. The topological polar surface area (TPSA) is 0 Å². The average molecular weight is 240 g/mol. The van der Waals surface area contributed by atoms with E-state index in [9.17, 15) is 0 Å². The summed E-state index contributed by atoms with van der Waals surface area (Å²) < 4.78 is 0. The molecule has 17 heavy (non-hydrogen) atoms. The van der Waals surface area contributed by atoms with Gasteiger partial charge in [0.25, 0.3) is 0 Å². The van der Waals surface area contributed by atoms with Crippen LogP contribution in [-0.2, 0) is 0 Å². The fraction of sp³-hybridized carbons (Fsp3) is 1.00. The summed E-state index contributed by atoms with van der Waals surface area (Å²) in [6, 6.07) is 0. The summed E-state index contributed by atoms with van der Waals surface area (Å²) >= 11 is 0. The molecule has 0 aromatic rings. The second-order valence-corrected chi connectivity index (χ2v) is 6.80. The van der Waals surface area contributed by atoms with Gasteiger partial charge in [-0.2, -0.15) is 0 Å². The standard InChI is InChI=1S/C17H36/c1-9-10-11-13(4)15(6)17(8)16(7)14(5)12(2)3/h12-17H,9-11H2,1-8H3. The molecular formula is C17H36. The lowest BCUT2D eigenvalue weighted by Crippen LogP contribution is -2.28. The normalized spacial score (nSPS) is 21.0. The smallest absolute Gasteiger partial charge is 0.0386 e. The summed E-state index contributed by atoms with van der Waals surface area (Å²) in [5, 5.41) is 0. The van der Waals surface area contributed by atoms with Crippen molar-refractivity contribution in [1.82, 2.24) is 0 Å². The minimum atomic E-state index is 0.811. The summed E-state index contributed by atoms with van der Waals surface area (Å²) in [5.74, 6) is 5.08. The van der Waals surface area contributed by atoms with Gasteiger partial charge in [-0.3, -0.25) is 0 Å². The molecule has 0 nitrogen and oxygen atoms in total. The fourth-order valence-corrected chi connectivity index (χ4v) is 2.87. The van der Waals surface area contributed by atoms with Crippen LogP contribution in [0.3, 0.4) is 0 Å². The van der Waals surface area contributed by atoms with Crippen molar-refractivity contribution in [2.45, 2.75) is 74.7 Å². The Morgan fingerprint density at radius 3 is 1.53 bits per heavy atom. The van der Waals surface area contributed by atoms with E-state index in [-0.39, 0.29) is 0 Å². The highest BCUT2D eigenvalue weighted by Crippen LogP contribution is 2.35. The lowest BCUT2D eigenvalue weighted by atomic mass is 9.70. The SMILES string of the molecule is CCCCC(C)C(C)C(C)C(C)C(C)C(C)C. The highest BCUT2D eigenvalue weighted by atomic mass is 14.3. The van der Waals surface area contributed by atoms with Crippen LogP contribution < -0.4 is 0 Å². The first-order chi connectivity index (χ1) is 7.82. The van der Waals surface area contributed by atoms with Gasteiger partial charge in [-0.25, -0.2) is 0 Å². The van der Waals surface area contributed by atoms with Gasteiger partial charge in [-0.1, -0.05) is 74.7 Å². The molecule has 0 amide bonds. The molecule has 0 rings (SSSR count). The molecule has 0 heterocycles. The van der Waals surface area contributed by atoms with E-state index in [1.807, 2.05) is 0 Å². The first kappa shape index (κ1) is 17.0. The summed E-state index contributed by atoms with van der Waals surface area (Å²) in [4.78, 5) is 0. The van der Waals surface area contributed by atoms with E-state index in [0.717, 1.165) is 35.5 Å². The average Bonchev–Trinajstić information content (AvgIpc) is 2.31. The number of unbranched alkanes of at least 4 members (excludes halogenated alkanes) is 1. The number of hydrogen-bond donors (Lipinski definition) is 0. The predicted octanol–water partition coefficient (Wildman–Crippen LogP) is 6.01. The summed E-state index contributed by atoms with van der Waals surface area (Å²) in [6.07, 6.45) is 4.14. The molecule has 0 bridgehead atoms. The van der Waals surface area contributed by atoms with Crippen molar-refractivity contribution in [2.75, 3.05) is 0 Å². The van der Waals surface area contributed by atoms with Crippen molar-refractivity contribution in [3.8, 4) is 0 Å². The third-order valence-electron chi connectivity index (χ3n) is 5.45. The van der Waals surface area contributed by atoms with E-state index in [2.05, 4.69) is 55.4 Å². The molecule has 0 aromatic heterocycles. The summed E-state index contributed by atoms with van der Waals surface area (Å²) in [6.45, 7) is 19.3. The summed E-state index contributed by atoms with van der Waals surface area (Å²) in [7, 11) is 0. The van der Waals surface area contributed by atoms with Crippen molar-refractivity contribution in [1.29, 1.82) is 0 Å². The zero-order valence-electron chi connectivity index (χ0n) is 13.6. The van der Waals surface area contributed by atoms with Crippen LogP contribution in [0.25, 0.3) is 0 Å². The van der Waals surface area contributed by atoms with E-state index in [4.69, 9.17) is 0 Å². The van der Waals surface area contributed by atoms with Crippen LogP contribution in [0.4, 0.5) is 0 Å². The first-order valence-corrected chi connectivity index (χ1v) is 7.82. The third-order valence-corrected chi connectivity index (χ3v) is 5.45. The Morgan fingerprint density at radius 1 is 0.647 bits per heavy atom. The van der Waals surface area contributed by atoms with Gasteiger partial charge in [0.05, 0.1) is 0 Å². The molecule has 0 aromatic carbocycles. The van der Waals surface area contributed by atoms with Crippen LogP contribution in [0.1, 0.15) is 74.7 Å². The predicted molar refractivity (Wildman–Crippen MR) is 80.2 cm³/mol. The van der Waals surface area contributed by atoms with Crippen LogP contribution in [0.15, 0.2) is 0 Å². The van der Waals surface area contributed by atoms with Crippen molar-refractivity contribution in [3.63, 3.8) is 0 Å². The minimum absolute atomic E-state index is 0.811. The van der Waals surface area contributed by atoms with Crippen molar-refractivity contribution < 1.29 is 0 Å². The van der Waals surface area contributed by atoms with Crippen LogP contribution >= 0.6 is 0 Å². The molecule has 0 radical (unpaired) electrons. The van der Waals surface area contributed by atoms with E-state index in [1.165, 1.54) is 19.3 Å². The zero-order valence-corrected chi connectivity index (χ0v) is 13.6. The Hall–Kier alpha value is 0. The van der Waals surface area contributed by atoms with Crippen LogP contribution in [-0.4, -0.2) is 0 Å². The van der Waals surface area contributed by atoms with Gasteiger partial charge >= 0.3 is 0 Å². The Kier molecular flexibility index (Phi) is 8.16. The van der Waals surface area contributed by atoms with Gasteiger partial charge in [0.1, 0.15) is 0 Å². The second-order valence-electron chi connectivity index (χ2n) is 6.80. The second kappa shape index (κ2) is 8.16. The maximum Gasteiger partial charge on any atom is -0.0386 e. The number of hydrogen-bond acceptors (Lipinski definition) is 0. The van der Waals surface area contributed by atoms with Gasteiger partial charge in [0, 0.05) is 0 Å². The van der Waals surface area contributed by atoms with Gasteiger partial charge in [-0.15, -0.1) is 0 Å². The van der Waals surface area contributed by atoms with Gasteiger partial charge in [0.15, 0.2) is 0 Å². The maximum absolute atomic E-state index is 2.47. The Labute approximate surface area is 111 Å². The molecule has 0 fully saturated rings. The van der Waals surface area contributed by atoms with Gasteiger partial charge in [0.2, 0.25) is 0 Å². The quantitative estimate of drug-likeness (QED) is 0.487. The molecule has 0 saturated heterocycles. The van der Waals surface area contributed by atoms with Crippen LogP contribution in [0.2, 0.25) is 0 Å². The van der Waals surface area contributed by atoms with E-state index < -0.39 is 0 Å². The first-order valence-electron chi connectivity index (χ1n) is 7.82. The highest BCUT2D eigenvalue weighted by Gasteiger charge is 2.27. The van der Waals surface area contributed by atoms with Crippen LogP contribution in [0, 0.1) is 35.5 Å². The van der Waals surface area contributed by atoms with Crippen molar-refractivity contribution in [2.24, 2.45) is 35.5 Å². The maximum atomic E-state index is 2.47. The minimum Gasteiger partial charge on any atom is -0.0654 e. The van der Waals surface area contributed by atoms with Crippen molar-refractivity contribution in [3.05, 3.63) is 0 Å². The molecule has 0 N–H and O–H groups in total. The molecule has 0 spiro atoms. The highest BCUT2D eigenvalue weighted by molar-refractivity contribution is 4.77. The lowest BCUT2D eigenvalue weighted by molar-refractivity contribution is 0.140.